The standard InChI is InChI=1S/C8H11IN2OS/c9-5-3-11-7(13-5)6(12)8(4-10)1-2-8/h3,6,12H,1-2,4,10H2. The number of thiazole rings is 1. The summed E-state index contributed by atoms with van der Waals surface area (Å²) in [5.41, 5.74) is 5.57. The van der Waals surface area contributed by atoms with Gasteiger partial charge in [0, 0.05) is 12.0 Å². The van der Waals surface area contributed by atoms with E-state index in [0.717, 1.165) is 20.7 Å². The van der Waals surface area contributed by atoms with Crippen molar-refractivity contribution >= 4 is 33.9 Å². The van der Waals surface area contributed by atoms with Gasteiger partial charge in [-0.15, -0.1) is 11.3 Å². The fraction of sp³-hybridized carbons (Fsp3) is 0.625. The summed E-state index contributed by atoms with van der Waals surface area (Å²) in [5, 5.41) is 10.8. The molecule has 1 aromatic rings. The maximum Gasteiger partial charge on any atom is 0.123 e. The molecule has 0 aliphatic heterocycles. The van der Waals surface area contributed by atoms with Crippen LogP contribution in [0.2, 0.25) is 0 Å². The highest BCUT2D eigenvalue weighted by molar-refractivity contribution is 14.1. The van der Waals surface area contributed by atoms with Crippen LogP contribution in [0.25, 0.3) is 0 Å². The average molecular weight is 310 g/mol. The summed E-state index contributed by atoms with van der Waals surface area (Å²) < 4.78 is 1.11. The molecule has 1 aliphatic carbocycles. The largest absolute Gasteiger partial charge is 0.385 e. The van der Waals surface area contributed by atoms with Crippen LogP contribution in [0.1, 0.15) is 24.0 Å². The third-order valence-corrected chi connectivity index (χ3v) is 4.39. The van der Waals surface area contributed by atoms with E-state index in [1.807, 2.05) is 0 Å². The van der Waals surface area contributed by atoms with E-state index >= 15 is 0 Å². The molecule has 13 heavy (non-hydrogen) atoms. The molecule has 3 nitrogen and oxygen atoms in total. The SMILES string of the molecule is NCC1(C(O)c2ncc(I)s2)CC1. The summed E-state index contributed by atoms with van der Waals surface area (Å²) in [4.78, 5) is 4.18. The van der Waals surface area contributed by atoms with Crippen molar-refractivity contribution in [2.24, 2.45) is 11.1 Å². The zero-order valence-electron chi connectivity index (χ0n) is 7.03. The minimum Gasteiger partial charge on any atom is -0.385 e. The molecule has 1 atom stereocenters. The first kappa shape index (κ1) is 9.82. The minimum atomic E-state index is -0.453. The quantitative estimate of drug-likeness (QED) is 0.832. The van der Waals surface area contributed by atoms with Crippen LogP contribution in [0.15, 0.2) is 6.20 Å². The van der Waals surface area contributed by atoms with Crippen LogP contribution in [0.3, 0.4) is 0 Å². The number of nitrogens with zero attached hydrogens (tertiary/aromatic N) is 1. The average Bonchev–Trinajstić information content (AvgIpc) is 2.82. The van der Waals surface area contributed by atoms with E-state index in [4.69, 9.17) is 5.73 Å². The molecular weight excluding hydrogens is 299 g/mol. The molecule has 72 valence electrons. The molecule has 0 bridgehead atoms. The highest BCUT2D eigenvalue weighted by Gasteiger charge is 2.49. The lowest BCUT2D eigenvalue weighted by Gasteiger charge is -2.17. The van der Waals surface area contributed by atoms with Gasteiger partial charge in [-0.05, 0) is 35.4 Å². The Morgan fingerprint density at radius 2 is 2.46 bits per heavy atom. The topological polar surface area (TPSA) is 59.1 Å². The molecule has 1 aromatic heterocycles. The molecule has 1 fully saturated rings. The smallest absolute Gasteiger partial charge is 0.123 e. The number of aliphatic hydroxyl groups excluding tert-OH is 1. The number of aromatic nitrogens is 1. The van der Waals surface area contributed by atoms with Crippen molar-refractivity contribution in [3.63, 3.8) is 0 Å². The second-order valence-corrected chi connectivity index (χ2v) is 6.43. The number of halogens is 1. The molecule has 1 unspecified atom stereocenters. The van der Waals surface area contributed by atoms with Crippen LogP contribution in [0.4, 0.5) is 0 Å². The van der Waals surface area contributed by atoms with Gasteiger partial charge in [0.15, 0.2) is 0 Å². The van der Waals surface area contributed by atoms with Crippen molar-refractivity contribution in [3.8, 4) is 0 Å². The minimum absolute atomic E-state index is 0.0546. The van der Waals surface area contributed by atoms with Crippen LogP contribution in [-0.4, -0.2) is 16.6 Å². The van der Waals surface area contributed by atoms with E-state index in [0.29, 0.717) is 6.54 Å². The molecule has 1 saturated carbocycles. The lowest BCUT2D eigenvalue weighted by molar-refractivity contribution is 0.0972. The predicted octanol–water partition coefficient (Wildman–Crippen LogP) is 1.52. The lowest BCUT2D eigenvalue weighted by Crippen LogP contribution is -2.23. The Morgan fingerprint density at radius 1 is 1.77 bits per heavy atom. The first-order chi connectivity index (χ1) is 6.18. The van der Waals surface area contributed by atoms with Crippen molar-refractivity contribution in [1.82, 2.24) is 4.98 Å². The summed E-state index contributed by atoms with van der Waals surface area (Å²) in [6, 6.07) is 0. The lowest BCUT2D eigenvalue weighted by atomic mass is 10.0. The monoisotopic (exact) mass is 310 g/mol. The van der Waals surface area contributed by atoms with Gasteiger partial charge < -0.3 is 10.8 Å². The summed E-state index contributed by atoms with van der Waals surface area (Å²) >= 11 is 3.76. The molecule has 1 heterocycles. The fourth-order valence-electron chi connectivity index (χ4n) is 1.41. The molecule has 2 rings (SSSR count). The summed E-state index contributed by atoms with van der Waals surface area (Å²) in [7, 11) is 0. The van der Waals surface area contributed by atoms with Gasteiger partial charge in [-0.3, -0.25) is 0 Å². The molecule has 0 aromatic carbocycles. The van der Waals surface area contributed by atoms with Crippen LogP contribution in [-0.2, 0) is 0 Å². The Morgan fingerprint density at radius 3 is 2.85 bits per heavy atom. The highest BCUT2D eigenvalue weighted by atomic mass is 127. The molecular formula is C8H11IN2OS. The number of hydrogen-bond acceptors (Lipinski definition) is 4. The summed E-state index contributed by atoms with van der Waals surface area (Å²) in [6.45, 7) is 0.560. The highest BCUT2D eigenvalue weighted by Crippen LogP contribution is 2.54. The summed E-state index contributed by atoms with van der Waals surface area (Å²) in [5.74, 6) is 0. The Kier molecular flexibility index (Phi) is 2.61. The van der Waals surface area contributed by atoms with Crippen molar-refractivity contribution in [2.45, 2.75) is 18.9 Å². The third-order valence-electron chi connectivity index (χ3n) is 2.61. The first-order valence-corrected chi connectivity index (χ1v) is 6.07. The molecule has 0 amide bonds. The zero-order valence-corrected chi connectivity index (χ0v) is 10.0. The van der Waals surface area contributed by atoms with Gasteiger partial charge in [0.1, 0.15) is 11.1 Å². The molecule has 3 N–H and O–H groups in total. The van der Waals surface area contributed by atoms with Crippen LogP contribution >= 0.6 is 33.9 Å². The van der Waals surface area contributed by atoms with Gasteiger partial charge in [-0.2, -0.15) is 0 Å². The van der Waals surface area contributed by atoms with Crippen LogP contribution in [0.5, 0.6) is 0 Å². The van der Waals surface area contributed by atoms with E-state index < -0.39 is 6.10 Å². The maximum absolute atomic E-state index is 9.99. The second-order valence-electron chi connectivity index (χ2n) is 3.47. The second kappa shape index (κ2) is 3.45. The van der Waals surface area contributed by atoms with Gasteiger partial charge in [0.2, 0.25) is 0 Å². The Bertz CT molecular complexity index is 311. The number of rotatable bonds is 3. The number of hydrogen-bond donors (Lipinski definition) is 2. The zero-order chi connectivity index (χ0) is 9.47. The third kappa shape index (κ3) is 1.74. The van der Waals surface area contributed by atoms with Crippen LogP contribution < -0.4 is 5.73 Å². The molecule has 5 heteroatoms. The van der Waals surface area contributed by atoms with Crippen LogP contribution in [0, 0.1) is 8.30 Å². The summed E-state index contributed by atoms with van der Waals surface area (Å²) in [6.07, 6.45) is 3.39. The number of aliphatic hydroxyl groups is 1. The van der Waals surface area contributed by atoms with E-state index in [9.17, 15) is 5.11 Å². The van der Waals surface area contributed by atoms with E-state index in [1.165, 1.54) is 0 Å². The Balaban J connectivity index is 2.17. The Hall–Kier alpha value is 0.280. The fourth-order valence-corrected chi connectivity index (χ4v) is 2.99. The molecule has 0 radical (unpaired) electrons. The van der Waals surface area contributed by atoms with Gasteiger partial charge in [-0.1, -0.05) is 0 Å². The normalized spacial score (nSPS) is 21.5. The first-order valence-electron chi connectivity index (χ1n) is 4.17. The molecule has 1 aliphatic rings. The van der Waals surface area contributed by atoms with Crippen molar-refractivity contribution in [3.05, 3.63) is 14.1 Å². The van der Waals surface area contributed by atoms with Gasteiger partial charge >= 0.3 is 0 Å². The van der Waals surface area contributed by atoms with Crippen molar-refractivity contribution in [2.75, 3.05) is 6.54 Å². The van der Waals surface area contributed by atoms with E-state index in [2.05, 4.69) is 27.6 Å². The molecule has 0 spiro atoms. The Labute approximate surface area is 94.5 Å². The maximum atomic E-state index is 9.99. The predicted molar refractivity (Wildman–Crippen MR) is 60.5 cm³/mol. The van der Waals surface area contributed by atoms with Crippen molar-refractivity contribution in [1.29, 1.82) is 0 Å². The van der Waals surface area contributed by atoms with Crippen molar-refractivity contribution < 1.29 is 5.11 Å². The van der Waals surface area contributed by atoms with Gasteiger partial charge in [0.05, 0.1) is 9.08 Å². The molecule has 0 saturated heterocycles. The van der Waals surface area contributed by atoms with E-state index in [1.54, 1.807) is 17.5 Å². The van der Waals surface area contributed by atoms with Gasteiger partial charge in [0.25, 0.3) is 0 Å². The number of nitrogens with two attached hydrogens (primary N) is 1. The van der Waals surface area contributed by atoms with E-state index in [-0.39, 0.29) is 5.41 Å². The van der Waals surface area contributed by atoms with Gasteiger partial charge in [-0.25, -0.2) is 4.98 Å².